The van der Waals surface area contributed by atoms with Crippen molar-refractivity contribution >= 4 is 44.7 Å². The number of nitrogens with two attached hydrogens (primary N) is 1. The van der Waals surface area contributed by atoms with E-state index in [0.29, 0.717) is 0 Å². The van der Waals surface area contributed by atoms with E-state index in [4.69, 9.17) is 5.73 Å². The smallest absolute Gasteiger partial charge is 0.406 e. The molecule has 0 aromatic heterocycles. The van der Waals surface area contributed by atoms with Crippen LogP contribution in [0, 0.1) is 0 Å². The van der Waals surface area contributed by atoms with E-state index in [1.807, 2.05) is 18.2 Å². The fourth-order valence-corrected chi connectivity index (χ4v) is 4.09. The maximum atomic E-state index is 12.4. The first-order valence-corrected chi connectivity index (χ1v) is 9.18. The van der Waals surface area contributed by atoms with E-state index in [0.717, 1.165) is 27.3 Å². The molecule has 0 aliphatic rings. The molecular formula is C24H17ClF3NO. The minimum atomic E-state index is -4.71. The molecule has 0 bridgehead atoms. The second kappa shape index (κ2) is 7.35. The van der Waals surface area contributed by atoms with Crippen LogP contribution < -0.4 is 10.5 Å². The lowest BCUT2D eigenvalue weighted by molar-refractivity contribution is -0.274. The summed E-state index contributed by atoms with van der Waals surface area (Å²) in [7, 11) is 0. The van der Waals surface area contributed by atoms with Crippen LogP contribution in [0.15, 0.2) is 78.9 Å². The van der Waals surface area contributed by atoms with Gasteiger partial charge in [-0.05, 0) is 55.6 Å². The highest BCUT2D eigenvalue weighted by Crippen LogP contribution is 2.38. The Balaban J connectivity index is 0.00000218. The third kappa shape index (κ3) is 3.40. The first-order valence-electron chi connectivity index (χ1n) is 9.18. The largest absolute Gasteiger partial charge is 0.573 e. The maximum absolute atomic E-state index is 12.4. The molecule has 5 rings (SSSR count). The van der Waals surface area contributed by atoms with Gasteiger partial charge in [-0.3, -0.25) is 0 Å². The highest BCUT2D eigenvalue weighted by molar-refractivity contribution is 6.23. The van der Waals surface area contributed by atoms with Crippen molar-refractivity contribution in [3.8, 4) is 5.75 Å². The van der Waals surface area contributed by atoms with Crippen LogP contribution in [0.2, 0.25) is 0 Å². The Labute approximate surface area is 176 Å². The summed E-state index contributed by atoms with van der Waals surface area (Å²) in [6.45, 7) is 0. The van der Waals surface area contributed by atoms with Gasteiger partial charge in [0.05, 0.1) is 6.04 Å². The molecule has 0 fully saturated rings. The van der Waals surface area contributed by atoms with Gasteiger partial charge in [0.25, 0.3) is 0 Å². The Hall–Kier alpha value is -3.02. The van der Waals surface area contributed by atoms with Crippen LogP contribution in [0.3, 0.4) is 0 Å². The number of ether oxygens (including phenoxy) is 1. The van der Waals surface area contributed by atoms with Crippen molar-refractivity contribution in [1.82, 2.24) is 0 Å². The zero-order valence-corrected chi connectivity index (χ0v) is 16.4. The molecule has 0 amide bonds. The Morgan fingerprint density at radius 3 is 1.90 bits per heavy atom. The lowest BCUT2D eigenvalue weighted by atomic mass is 9.88. The van der Waals surface area contributed by atoms with Gasteiger partial charge in [0, 0.05) is 0 Å². The molecule has 0 aliphatic carbocycles. The van der Waals surface area contributed by atoms with E-state index in [1.54, 1.807) is 12.1 Å². The van der Waals surface area contributed by atoms with Crippen LogP contribution in [0.25, 0.3) is 32.3 Å². The minimum absolute atomic E-state index is 0. The molecule has 0 saturated heterocycles. The van der Waals surface area contributed by atoms with Gasteiger partial charge in [0.1, 0.15) is 5.75 Å². The first kappa shape index (κ1) is 20.3. The van der Waals surface area contributed by atoms with Gasteiger partial charge in [-0.15, -0.1) is 25.6 Å². The molecule has 0 spiro atoms. The van der Waals surface area contributed by atoms with Crippen LogP contribution >= 0.6 is 12.4 Å². The third-order valence-corrected chi connectivity index (χ3v) is 5.37. The van der Waals surface area contributed by atoms with Crippen LogP contribution in [0.5, 0.6) is 5.75 Å². The van der Waals surface area contributed by atoms with Gasteiger partial charge >= 0.3 is 6.36 Å². The standard InChI is InChI=1S/C24H16F3NO.ClH/c25-24(26,27)29-18-10-6-17(7-11-18)23(28)20-13-9-16-5-4-14-2-1-3-15-8-12-19(20)22(16)21(14)15;/h1-13,23H,28H2;1H/t23-;/m0./s1. The summed E-state index contributed by atoms with van der Waals surface area (Å²) < 4.78 is 41.1. The highest BCUT2D eigenvalue weighted by Gasteiger charge is 2.31. The van der Waals surface area contributed by atoms with E-state index < -0.39 is 12.4 Å². The van der Waals surface area contributed by atoms with Gasteiger partial charge in [-0.1, -0.05) is 66.7 Å². The number of rotatable bonds is 3. The molecule has 0 radical (unpaired) electrons. The quantitative estimate of drug-likeness (QED) is 0.316. The van der Waals surface area contributed by atoms with Gasteiger partial charge < -0.3 is 10.5 Å². The summed E-state index contributed by atoms with van der Waals surface area (Å²) in [4.78, 5) is 0. The van der Waals surface area contributed by atoms with E-state index in [-0.39, 0.29) is 18.2 Å². The molecule has 30 heavy (non-hydrogen) atoms. The number of hydrogen-bond donors (Lipinski definition) is 1. The Morgan fingerprint density at radius 1 is 0.700 bits per heavy atom. The van der Waals surface area contributed by atoms with Crippen LogP contribution in [0.1, 0.15) is 17.2 Å². The zero-order chi connectivity index (χ0) is 20.2. The van der Waals surface area contributed by atoms with Gasteiger partial charge in [-0.2, -0.15) is 0 Å². The van der Waals surface area contributed by atoms with Crippen LogP contribution in [0.4, 0.5) is 13.2 Å². The molecule has 2 N–H and O–H groups in total. The molecule has 0 saturated carbocycles. The summed E-state index contributed by atoms with van der Waals surface area (Å²) >= 11 is 0. The zero-order valence-electron chi connectivity index (χ0n) is 15.6. The SMILES string of the molecule is Cl.N[C@@H](c1ccc(OC(F)(F)F)cc1)c1ccc2ccc3cccc4ccc1c2c34. The number of hydrogen-bond acceptors (Lipinski definition) is 2. The number of alkyl halides is 3. The Bertz CT molecular complexity index is 1320. The molecule has 0 heterocycles. The average molecular weight is 428 g/mol. The predicted octanol–water partition coefficient (Wildman–Crippen LogP) is 6.95. The van der Waals surface area contributed by atoms with E-state index >= 15 is 0 Å². The van der Waals surface area contributed by atoms with Crippen molar-refractivity contribution in [2.24, 2.45) is 5.73 Å². The normalized spacial score (nSPS) is 12.9. The van der Waals surface area contributed by atoms with E-state index in [2.05, 4.69) is 41.1 Å². The Morgan fingerprint density at radius 2 is 1.27 bits per heavy atom. The molecule has 0 unspecified atom stereocenters. The van der Waals surface area contributed by atoms with Gasteiger partial charge in [0.15, 0.2) is 0 Å². The summed E-state index contributed by atoms with van der Waals surface area (Å²) in [6.07, 6.45) is -4.71. The third-order valence-electron chi connectivity index (χ3n) is 5.37. The monoisotopic (exact) mass is 427 g/mol. The minimum Gasteiger partial charge on any atom is -0.406 e. The fourth-order valence-electron chi connectivity index (χ4n) is 4.09. The second-order valence-corrected chi connectivity index (χ2v) is 7.11. The lowest BCUT2D eigenvalue weighted by Crippen LogP contribution is -2.17. The van der Waals surface area contributed by atoms with Gasteiger partial charge in [0.2, 0.25) is 0 Å². The molecule has 0 aliphatic heterocycles. The molecule has 152 valence electrons. The summed E-state index contributed by atoms with van der Waals surface area (Å²) in [5.41, 5.74) is 8.18. The van der Waals surface area contributed by atoms with Crippen molar-refractivity contribution < 1.29 is 17.9 Å². The topological polar surface area (TPSA) is 35.2 Å². The molecule has 2 nitrogen and oxygen atoms in total. The van der Waals surface area contributed by atoms with E-state index in [1.165, 1.54) is 28.3 Å². The molecule has 1 atom stereocenters. The predicted molar refractivity (Wildman–Crippen MR) is 117 cm³/mol. The maximum Gasteiger partial charge on any atom is 0.573 e. The van der Waals surface area contributed by atoms with Crippen molar-refractivity contribution in [3.05, 3.63) is 90.0 Å². The van der Waals surface area contributed by atoms with Gasteiger partial charge in [-0.25, -0.2) is 0 Å². The molecule has 5 aromatic rings. The molecule has 5 aromatic carbocycles. The van der Waals surface area contributed by atoms with Crippen molar-refractivity contribution in [2.45, 2.75) is 12.4 Å². The van der Waals surface area contributed by atoms with Crippen molar-refractivity contribution in [1.29, 1.82) is 0 Å². The summed E-state index contributed by atoms with van der Waals surface area (Å²) in [5.74, 6) is -0.260. The van der Waals surface area contributed by atoms with E-state index in [9.17, 15) is 13.2 Å². The molecular weight excluding hydrogens is 411 g/mol. The summed E-state index contributed by atoms with van der Waals surface area (Å²) in [5, 5.41) is 6.88. The van der Waals surface area contributed by atoms with Crippen LogP contribution in [-0.2, 0) is 0 Å². The van der Waals surface area contributed by atoms with Crippen molar-refractivity contribution in [3.63, 3.8) is 0 Å². The number of benzene rings is 5. The fraction of sp³-hybridized carbons (Fsp3) is 0.0833. The average Bonchev–Trinajstić information content (AvgIpc) is 2.71. The first-order chi connectivity index (χ1) is 13.9. The second-order valence-electron chi connectivity index (χ2n) is 7.11. The van der Waals surface area contributed by atoms with Crippen LogP contribution in [-0.4, -0.2) is 6.36 Å². The van der Waals surface area contributed by atoms with Crippen molar-refractivity contribution in [2.75, 3.05) is 0 Å². The highest BCUT2D eigenvalue weighted by atomic mass is 35.5. The summed E-state index contributed by atoms with van der Waals surface area (Å²) in [6, 6.07) is 23.9. The molecule has 6 heteroatoms. The lowest BCUT2D eigenvalue weighted by Gasteiger charge is -2.19. The number of halogens is 4. The Kier molecular flexibility index (Phi) is 4.96.